The van der Waals surface area contributed by atoms with Crippen LogP contribution in [0.1, 0.15) is 110 Å². The van der Waals surface area contributed by atoms with Gasteiger partial charge in [0.05, 0.1) is 22.3 Å². The summed E-state index contributed by atoms with van der Waals surface area (Å²) in [4.78, 5) is 26.3. The number of allylic oxidation sites excluding steroid dienone is 1. The Hall–Kier alpha value is -1.81. The second kappa shape index (κ2) is 15.9. The molecule has 1 aromatic rings. The first kappa shape index (κ1) is 27.4. The lowest BCUT2D eigenvalue weighted by Gasteiger charge is -2.15. The lowest BCUT2D eigenvalue weighted by atomic mass is 10.0. The largest absolute Gasteiger partial charge is 0.397 e. The Morgan fingerprint density at radius 2 is 1.45 bits per heavy atom. The normalized spacial score (nSPS) is 16.4. The predicted octanol–water partition coefficient (Wildman–Crippen LogP) is 8.23. The fourth-order valence-corrected chi connectivity index (χ4v) is 4.58. The van der Waals surface area contributed by atoms with Gasteiger partial charge in [-0.3, -0.25) is 9.59 Å². The number of rotatable bonds is 17. The number of hydrogen-bond acceptors (Lipinski definition) is 3. The maximum Gasteiger partial charge on any atom is 0.241 e. The molecular weight excluding hydrogens is 432 g/mol. The van der Waals surface area contributed by atoms with Crippen LogP contribution in [-0.4, -0.2) is 11.8 Å². The summed E-state index contributed by atoms with van der Waals surface area (Å²) in [5.41, 5.74) is 6.68. The minimum atomic E-state index is -0.374. The summed E-state index contributed by atoms with van der Waals surface area (Å²) in [7, 11) is 0. The van der Waals surface area contributed by atoms with Gasteiger partial charge in [-0.05, 0) is 31.0 Å². The molecule has 33 heavy (non-hydrogen) atoms. The third-order valence-corrected chi connectivity index (χ3v) is 6.86. The zero-order valence-corrected chi connectivity index (χ0v) is 21.3. The van der Waals surface area contributed by atoms with Gasteiger partial charge in [-0.1, -0.05) is 114 Å². The van der Waals surface area contributed by atoms with E-state index in [9.17, 15) is 9.59 Å². The molecule has 1 unspecified atom stereocenters. The van der Waals surface area contributed by atoms with E-state index in [-0.39, 0.29) is 24.2 Å². The highest BCUT2D eigenvalue weighted by atomic mass is 35.5. The lowest BCUT2D eigenvalue weighted by Crippen LogP contribution is -2.30. The van der Waals surface area contributed by atoms with Crippen molar-refractivity contribution in [2.45, 2.75) is 110 Å². The number of amides is 2. The molecule has 4 nitrogen and oxygen atoms in total. The third-order valence-electron chi connectivity index (χ3n) is 6.51. The minimum Gasteiger partial charge on any atom is -0.397 e. The van der Waals surface area contributed by atoms with Crippen molar-refractivity contribution in [2.24, 2.45) is 5.92 Å². The van der Waals surface area contributed by atoms with Gasteiger partial charge >= 0.3 is 0 Å². The summed E-state index contributed by atoms with van der Waals surface area (Å²) in [6.07, 6.45) is 24.1. The van der Waals surface area contributed by atoms with Gasteiger partial charge in [-0.15, -0.1) is 0 Å². The first-order valence-electron chi connectivity index (χ1n) is 13.1. The molecule has 0 aromatic heterocycles. The van der Waals surface area contributed by atoms with E-state index in [1.54, 1.807) is 18.2 Å². The van der Waals surface area contributed by atoms with Crippen molar-refractivity contribution in [2.75, 3.05) is 10.6 Å². The number of anilines is 2. The van der Waals surface area contributed by atoms with Gasteiger partial charge in [0.25, 0.3) is 0 Å². The molecule has 1 fully saturated rings. The monoisotopic (exact) mass is 474 g/mol. The molecule has 1 atom stereocenters. The van der Waals surface area contributed by atoms with Crippen LogP contribution in [0.3, 0.4) is 0 Å². The van der Waals surface area contributed by atoms with Crippen molar-refractivity contribution in [1.82, 2.24) is 0 Å². The fraction of sp³-hybridized carbons (Fsp3) is 0.643. The van der Waals surface area contributed by atoms with Gasteiger partial charge in [-0.25, -0.2) is 4.90 Å². The van der Waals surface area contributed by atoms with Crippen molar-refractivity contribution in [3.8, 4) is 0 Å². The second-order valence-corrected chi connectivity index (χ2v) is 9.80. The van der Waals surface area contributed by atoms with Crippen LogP contribution >= 0.6 is 11.6 Å². The van der Waals surface area contributed by atoms with E-state index < -0.39 is 0 Å². The zero-order chi connectivity index (χ0) is 23.9. The summed E-state index contributed by atoms with van der Waals surface area (Å²) in [6, 6.07) is 4.86. The average molecular weight is 475 g/mol. The third kappa shape index (κ3) is 9.92. The Labute approximate surface area is 205 Å². The molecule has 1 aliphatic heterocycles. The van der Waals surface area contributed by atoms with Crippen LogP contribution < -0.4 is 10.6 Å². The molecule has 2 N–H and O–H groups in total. The summed E-state index contributed by atoms with van der Waals surface area (Å²) < 4.78 is 0. The molecule has 184 valence electrons. The number of benzene rings is 1. The van der Waals surface area contributed by atoms with Crippen molar-refractivity contribution in [1.29, 1.82) is 0 Å². The van der Waals surface area contributed by atoms with Gasteiger partial charge in [-0.2, -0.15) is 0 Å². The number of unbranched alkanes of at least 4 members (excludes halogenated alkanes) is 14. The van der Waals surface area contributed by atoms with Crippen molar-refractivity contribution >= 4 is 34.8 Å². The first-order valence-corrected chi connectivity index (χ1v) is 13.5. The van der Waals surface area contributed by atoms with Crippen LogP contribution in [0, 0.1) is 5.92 Å². The Balaban J connectivity index is 1.51. The standard InChI is InChI=1S/C28H43ClN2O2/c1-2-3-4-5-6-7-8-9-10-11-12-13-14-15-16-17-18-23-21-27(32)31(28(23)33)24-19-20-25(29)26(30)22-24/h17-20,22-23H,2-16,21,30H2,1H3. The molecule has 2 rings (SSSR count). The quantitative estimate of drug-likeness (QED) is 0.107. The highest BCUT2D eigenvalue weighted by molar-refractivity contribution is 6.33. The Morgan fingerprint density at radius 1 is 0.909 bits per heavy atom. The number of nitrogen functional groups attached to an aromatic ring is 1. The average Bonchev–Trinajstić information content (AvgIpc) is 3.08. The molecule has 0 bridgehead atoms. The highest BCUT2D eigenvalue weighted by Gasteiger charge is 2.38. The molecular formula is C28H43ClN2O2. The van der Waals surface area contributed by atoms with Crippen LogP contribution in [0.5, 0.6) is 0 Å². The van der Waals surface area contributed by atoms with E-state index in [0.717, 1.165) is 12.8 Å². The summed E-state index contributed by atoms with van der Waals surface area (Å²) >= 11 is 5.95. The number of halogens is 1. The van der Waals surface area contributed by atoms with Crippen LogP contribution in [0.4, 0.5) is 11.4 Å². The molecule has 1 saturated heterocycles. The molecule has 1 aromatic carbocycles. The second-order valence-electron chi connectivity index (χ2n) is 9.40. The molecule has 0 spiro atoms. The molecule has 0 saturated carbocycles. The molecule has 1 aliphatic rings. The molecule has 5 heteroatoms. The number of carbonyl (C=O) groups is 2. The van der Waals surface area contributed by atoms with Crippen LogP contribution in [0.15, 0.2) is 30.4 Å². The van der Waals surface area contributed by atoms with Gasteiger partial charge in [0.15, 0.2) is 0 Å². The Morgan fingerprint density at radius 3 is 2.00 bits per heavy atom. The number of nitrogens with two attached hydrogens (primary N) is 1. The van der Waals surface area contributed by atoms with Gasteiger partial charge in [0.1, 0.15) is 0 Å². The smallest absolute Gasteiger partial charge is 0.241 e. The number of hydrogen-bond donors (Lipinski definition) is 1. The number of imide groups is 1. The van der Waals surface area contributed by atoms with E-state index >= 15 is 0 Å². The van der Waals surface area contributed by atoms with Crippen LogP contribution in [-0.2, 0) is 9.59 Å². The summed E-state index contributed by atoms with van der Waals surface area (Å²) in [5, 5.41) is 0.419. The number of nitrogens with zero attached hydrogens (tertiary/aromatic N) is 1. The maximum absolute atomic E-state index is 12.7. The minimum absolute atomic E-state index is 0.182. The van der Waals surface area contributed by atoms with E-state index in [0.29, 0.717) is 16.4 Å². The summed E-state index contributed by atoms with van der Waals surface area (Å²) in [6.45, 7) is 2.27. The van der Waals surface area contributed by atoms with Crippen molar-refractivity contribution < 1.29 is 9.59 Å². The van der Waals surface area contributed by atoms with Crippen LogP contribution in [0.25, 0.3) is 0 Å². The van der Waals surface area contributed by atoms with Gasteiger partial charge < -0.3 is 5.73 Å². The maximum atomic E-state index is 12.7. The van der Waals surface area contributed by atoms with E-state index in [1.165, 1.54) is 88.4 Å². The molecule has 1 heterocycles. The van der Waals surface area contributed by atoms with Crippen molar-refractivity contribution in [3.63, 3.8) is 0 Å². The first-order chi connectivity index (χ1) is 16.0. The topological polar surface area (TPSA) is 63.4 Å². The predicted molar refractivity (Wildman–Crippen MR) is 141 cm³/mol. The SMILES string of the molecule is CCCCCCCCCCCCCCCCC=CC1CC(=O)N(c2ccc(Cl)c(N)c2)C1=O. The van der Waals surface area contributed by atoms with Crippen molar-refractivity contribution in [3.05, 3.63) is 35.4 Å². The van der Waals surface area contributed by atoms with E-state index in [1.807, 2.05) is 6.08 Å². The zero-order valence-electron chi connectivity index (χ0n) is 20.5. The van der Waals surface area contributed by atoms with E-state index in [2.05, 4.69) is 13.0 Å². The molecule has 0 aliphatic carbocycles. The van der Waals surface area contributed by atoms with Crippen LogP contribution in [0.2, 0.25) is 5.02 Å². The summed E-state index contributed by atoms with van der Waals surface area (Å²) in [5.74, 6) is -0.743. The van der Waals surface area contributed by atoms with E-state index in [4.69, 9.17) is 17.3 Å². The van der Waals surface area contributed by atoms with Gasteiger partial charge in [0, 0.05) is 6.42 Å². The highest BCUT2D eigenvalue weighted by Crippen LogP contribution is 2.31. The molecule has 0 radical (unpaired) electrons. The Bertz CT molecular complexity index is 762. The fourth-order valence-electron chi connectivity index (χ4n) is 4.46. The lowest BCUT2D eigenvalue weighted by molar-refractivity contribution is -0.121. The molecule has 2 amide bonds. The van der Waals surface area contributed by atoms with Gasteiger partial charge in [0.2, 0.25) is 11.8 Å². The Kier molecular flexibility index (Phi) is 13.2. The number of carbonyl (C=O) groups excluding carboxylic acids is 2.